The van der Waals surface area contributed by atoms with E-state index < -0.39 is 0 Å². The van der Waals surface area contributed by atoms with Crippen molar-refractivity contribution in [3.8, 4) is 0 Å². The van der Waals surface area contributed by atoms with E-state index in [1.807, 2.05) is 19.1 Å². The van der Waals surface area contributed by atoms with Crippen molar-refractivity contribution < 1.29 is 0 Å². The summed E-state index contributed by atoms with van der Waals surface area (Å²) in [5, 5.41) is 0. The summed E-state index contributed by atoms with van der Waals surface area (Å²) >= 11 is 0. The second kappa shape index (κ2) is 3.80. The first-order valence-electron chi connectivity index (χ1n) is 5.52. The molecule has 4 N–H and O–H groups in total. The molecule has 0 amide bonds. The highest BCUT2D eigenvalue weighted by atomic mass is 14.7. The maximum absolute atomic E-state index is 6.09. The Hall–Kier alpha value is -1.54. The van der Waals surface area contributed by atoms with Crippen molar-refractivity contribution in [2.45, 2.75) is 25.8 Å². The molecule has 1 atom stereocenters. The van der Waals surface area contributed by atoms with Crippen LogP contribution < -0.4 is 11.5 Å². The third kappa shape index (κ3) is 2.17. The quantitative estimate of drug-likeness (QED) is 0.706. The second-order valence-corrected chi connectivity index (χ2v) is 4.83. The van der Waals surface area contributed by atoms with Gasteiger partial charge in [0.15, 0.2) is 0 Å². The highest BCUT2D eigenvalue weighted by molar-refractivity contribution is 5.78. The van der Waals surface area contributed by atoms with Crippen molar-refractivity contribution in [2.75, 3.05) is 5.73 Å². The first-order chi connectivity index (χ1) is 7.48. The summed E-state index contributed by atoms with van der Waals surface area (Å²) < 4.78 is 0. The molecule has 1 aliphatic rings. The summed E-state index contributed by atoms with van der Waals surface area (Å²) in [5.74, 6) is 0. The molecule has 0 saturated heterocycles. The van der Waals surface area contributed by atoms with Gasteiger partial charge >= 0.3 is 0 Å². The van der Waals surface area contributed by atoms with Gasteiger partial charge in [0.25, 0.3) is 0 Å². The minimum absolute atomic E-state index is 0.207. The summed E-state index contributed by atoms with van der Waals surface area (Å²) in [7, 11) is 0. The molecule has 0 radical (unpaired) electrons. The predicted octanol–water partition coefficient (Wildman–Crippen LogP) is 2.72. The minimum atomic E-state index is -0.207. The molecular weight excluding hydrogens is 196 g/mol. The summed E-state index contributed by atoms with van der Waals surface area (Å²) in [6.45, 7) is 4.19. The van der Waals surface area contributed by atoms with Gasteiger partial charge in [-0.3, -0.25) is 0 Å². The number of rotatable bonds is 1. The van der Waals surface area contributed by atoms with Gasteiger partial charge in [-0.05, 0) is 43.5 Å². The molecule has 1 aromatic rings. The van der Waals surface area contributed by atoms with Crippen molar-refractivity contribution in [3.05, 3.63) is 47.6 Å². The zero-order valence-electron chi connectivity index (χ0n) is 9.83. The van der Waals surface area contributed by atoms with Crippen LogP contribution in [0.5, 0.6) is 0 Å². The van der Waals surface area contributed by atoms with Crippen LogP contribution in [0.2, 0.25) is 0 Å². The number of hydrogen-bond acceptors (Lipinski definition) is 2. The number of hydrogen-bond donors (Lipinski definition) is 2. The lowest BCUT2D eigenvalue weighted by atomic mass is 9.84. The van der Waals surface area contributed by atoms with E-state index in [-0.39, 0.29) is 5.54 Å². The van der Waals surface area contributed by atoms with E-state index >= 15 is 0 Å². The Morgan fingerprint density at radius 2 is 1.81 bits per heavy atom. The topological polar surface area (TPSA) is 52.0 Å². The van der Waals surface area contributed by atoms with Crippen LogP contribution in [0, 0.1) is 0 Å². The third-order valence-electron chi connectivity index (χ3n) is 2.96. The van der Waals surface area contributed by atoms with Gasteiger partial charge in [0.2, 0.25) is 0 Å². The number of anilines is 1. The molecule has 2 rings (SSSR count). The van der Waals surface area contributed by atoms with Gasteiger partial charge in [-0.15, -0.1) is 0 Å². The van der Waals surface area contributed by atoms with Crippen molar-refractivity contribution in [1.82, 2.24) is 0 Å². The largest absolute Gasteiger partial charge is 0.399 e. The van der Waals surface area contributed by atoms with Crippen LogP contribution in [0.3, 0.4) is 0 Å². The van der Waals surface area contributed by atoms with Crippen LogP contribution in [-0.2, 0) is 0 Å². The predicted molar refractivity (Wildman–Crippen MR) is 69.8 cm³/mol. The Morgan fingerprint density at radius 1 is 1.19 bits per heavy atom. The summed E-state index contributed by atoms with van der Waals surface area (Å²) in [5.41, 5.74) is 16.2. The normalized spacial score (nSPS) is 24.9. The summed E-state index contributed by atoms with van der Waals surface area (Å²) in [6.07, 6.45) is 5.10. The fraction of sp³-hybridized carbons (Fsp3) is 0.286. The fourth-order valence-electron chi connectivity index (χ4n) is 2.15. The molecular formula is C14H18N2. The van der Waals surface area contributed by atoms with E-state index in [4.69, 9.17) is 11.5 Å². The maximum Gasteiger partial charge on any atom is 0.0351 e. The standard InChI is InChI=1S/C14H18N2/c1-10-9-14(2,16)8-7-13(10)11-3-5-12(15)6-4-11/h3-8H,9,15-16H2,1-2H3. The van der Waals surface area contributed by atoms with Crippen LogP contribution in [0.4, 0.5) is 5.69 Å². The Labute approximate surface area is 96.6 Å². The molecule has 2 nitrogen and oxygen atoms in total. The van der Waals surface area contributed by atoms with Crippen LogP contribution in [0.1, 0.15) is 25.8 Å². The lowest BCUT2D eigenvalue weighted by Crippen LogP contribution is -2.35. The molecule has 0 aliphatic heterocycles. The molecule has 0 heterocycles. The van der Waals surface area contributed by atoms with Gasteiger partial charge in [-0.1, -0.05) is 29.9 Å². The second-order valence-electron chi connectivity index (χ2n) is 4.83. The third-order valence-corrected chi connectivity index (χ3v) is 2.96. The summed E-state index contributed by atoms with van der Waals surface area (Å²) in [6, 6.07) is 7.97. The molecule has 0 aromatic heterocycles. The van der Waals surface area contributed by atoms with Crippen molar-refractivity contribution >= 4 is 11.3 Å². The van der Waals surface area contributed by atoms with Crippen molar-refractivity contribution in [1.29, 1.82) is 0 Å². The van der Waals surface area contributed by atoms with Gasteiger partial charge in [0, 0.05) is 11.2 Å². The van der Waals surface area contributed by atoms with E-state index in [1.54, 1.807) is 0 Å². The average molecular weight is 214 g/mol. The van der Waals surface area contributed by atoms with E-state index in [0.29, 0.717) is 0 Å². The van der Waals surface area contributed by atoms with Crippen LogP contribution in [0.15, 0.2) is 42.0 Å². The number of nitrogens with two attached hydrogens (primary N) is 2. The van der Waals surface area contributed by atoms with Gasteiger partial charge in [-0.25, -0.2) is 0 Å². The molecule has 0 fully saturated rings. The monoisotopic (exact) mass is 214 g/mol. The highest BCUT2D eigenvalue weighted by Crippen LogP contribution is 2.31. The molecule has 84 valence electrons. The van der Waals surface area contributed by atoms with E-state index in [1.165, 1.54) is 16.7 Å². The minimum Gasteiger partial charge on any atom is -0.399 e. The Kier molecular flexibility index (Phi) is 2.60. The first-order valence-corrected chi connectivity index (χ1v) is 5.52. The molecule has 0 bridgehead atoms. The fourth-order valence-corrected chi connectivity index (χ4v) is 2.15. The van der Waals surface area contributed by atoms with Gasteiger partial charge in [0.1, 0.15) is 0 Å². The summed E-state index contributed by atoms with van der Waals surface area (Å²) in [4.78, 5) is 0. The lowest BCUT2D eigenvalue weighted by molar-refractivity contribution is 0.574. The van der Waals surface area contributed by atoms with Crippen LogP contribution in [0.25, 0.3) is 5.57 Å². The molecule has 1 unspecified atom stereocenters. The SMILES string of the molecule is CC1=C(c2ccc(N)cc2)C=CC(C)(N)C1. The number of nitrogen functional groups attached to an aromatic ring is 1. The highest BCUT2D eigenvalue weighted by Gasteiger charge is 2.20. The zero-order chi connectivity index (χ0) is 11.8. The molecule has 2 heteroatoms. The Bertz CT molecular complexity index is 450. The Morgan fingerprint density at radius 3 is 2.38 bits per heavy atom. The van der Waals surface area contributed by atoms with Gasteiger partial charge in [-0.2, -0.15) is 0 Å². The molecule has 0 spiro atoms. The van der Waals surface area contributed by atoms with Crippen LogP contribution >= 0.6 is 0 Å². The molecule has 0 saturated carbocycles. The molecule has 1 aliphatic carbocycles. The van der Waals surface area contributed by atoms with Crippen LogP contribution in [-0.4, -0.2) is 5.54 Å². The van der Waals surface area contributed by atoms with Crippen molar-refractivity contribution in [2.24, 2.45) is 5.73 Å². The molecule has 1 aromatic carbocycles. The average Bonchev–Trinajstić information content (AvgIpc) is 2.19. The smallest absolute Gasteiger partial charge is 0.0351 e. The zero-order valence-corrected chi connectivity index (χ0v) is 9.83. The lowest BCUT2D eigenvalue weighted by Gasteiger charge is -2.26. The number of benzene rings is 1. The van der Waals surface area contributed by atoms with Crippen molar-refractivity contribution in [3.63, 3.8) is 0 Å². The maximum atomic E-state index is 6.09. The number of allylic oxidation sites excluding steroid dienone is 2. The van der Waals surface area contributed by atoms with Gasteiger partial charge in [0.05, 0.1) is 0 Å². The van der Waals surface area contributed by atoms with E-state index in [0.717, 1.165) is 12.1 Å². The molecule has 16 heavy (non-hydrogen) atoms. The Balaban J connectivity index is 2.36. The van der Waals surface area contributed by atoms with Gasteiger partial charge < -0.3 is 11.5 Å². The van der Waals surface area contributed by atoms with E-state index in [2.05, 4.69) is 31.2 Å². The first kappa shape index (κ1) is 11.0. The van der Waals surface area contributed by atoms with E-state index in [9.17, 15) is 0 Å².